The zero-order valence-electron chi connectivity index (χ0n) is 16.7. The predicted molar refractivity (Wildman–Crippen MR) is 104 cm³/mol. The third-order valence-electron chi connectivity index (χ3n) is 4.68. The van der Waals surface area contributed by atoms with Crippen LogP contribution in [0.5, 0.6) is 0 Å². The van der Waals surface area contributed by atoms with Crippen LogP contribution in [0.1, 0.15) is 58.3 Å². The number of anilines is 1. The van der Waals surface area contributed by atoms with Crippen LogP contribution in [0.15, 0.2) is 6.33 Å². The van der Waals surface area contributed by atoms with Crippen molar-refractivity contribution in [2.45, 2.75) is 70.9 Å². The zero-order valence-corrected chi connectivity index (χ0v) is 16.7. The van der Waals surface area contributed by atoms with Gasteiger partial charge >= 0.3 is 6.08 Å². The fourth-order valence-corrected chi connectivity index (χ4v) is 3.00. The Hall–Kier alpha value is -2.13. The summed E-state index contributed by atoms with van der Waals surface area (Å²) in [6.07, 6.45) is 7.67. The molecule has 0 saturated carbocycles. The molecule has 2 aromatic heterocycles. The van der Waals surface area contributed by atoms with Crippen molar-refractivity contribution in [1.82, 2.24) is 19.5 Å². The number of hydrogen-bond acceptors (Lipinski definition) is 6. The molecule has 1 atom stereocenters. The maximum atomic E-state index is 13.9. The van der Waals surface area contributed by atoms with Gasteiger partial charge in [0.25, 0.3) is 0 Å². The van der Waals surface area contributed by atoms with Crippen LogP contribution in [-0.2, 0) is 16.1 Å². The number of imidazole rings is 1. The summed E-state index contributed by atoms with van der Waals surface area (Å²) in [5, 5.41) is 11.9. The van der Waals surface area contributed by atoms with E-state index in [1.165, 1.54) is 32.7 Å². The number of carbonyl (C=O) groups is 1. The van der Waals surface area contributed by atoms with Crippen LogP contribution in [0.2, 0.25) is 0 Å². The van der Waals surface area contributed by atoms with Gasteiger partial charge < -0.3 is 19.7 Å². The minimum absolute atomic E-state index is 0.0858. The van der Waals surface area contributed by atoms with E-state index in [1.54, 1.807) is 4.57 Å². The van der Waals surface area contributed by atoms with Crippen LogP contribution in [0.4, 0.5) is 10.2 Å². The Morgan fingerprint density at radius 3 is 2.75 bits per heavy atom. The standard InChI is InChI=1S/C19H30FN5O3/c1-3-4-5-6-7-8-9-15(27)22-17-16-18(24-19(20)23-17)25(13-21-16)11-10-14(12-26)28-2/h13-14,26H,3-12H2,1-2H3,(H,22,23,24,27). The van der Waals surface area contributed by atoms with Crippen LogP contribution in [0.25, 0.3) is 11.2 Å². The molecule has 28 heavy (non-hydrogen) atoms. The number of ether oxygens (including phenoxy) is 1. The van der Waals surface area contributed by atoms with Gasteiger partial charge in [-0.2, -0.15) is 14.4 Å². The van der Waals surface area contributed by atoms with Gasteiger partial charge in [-0.05, 0) is 12.8 Å². The van der Waals surface area contributed by atoms with E-state index in [2.05, 4.69) is 27.2 Å². The molecule has 156 valence electrons. The summed E-state index contributed by atoms with van der Waals surface area (Å²) in [5.41, 5.74) is 0.644. The third kappa shape index (κ3) is 6.49. The van der Waals surface area contributed by atoms with E-state index in [0.29, 0.717) is 30.6 Å². The normalized spacial score (nSPS) is 12.4. The first-order chi connectivity index (χ1) is 13.6. The Labute approximate surface area is 164 Å². The molecule has 0 fully saturated rings. The number of carbonyl (C=O) groups excluding carboxylic acids is 1. The average Bonchev–Trinajstić information content (AvgIpc) is 3.08. The molecule has 2 aromatic rings. The van der Waals surface area contributed by atoms with E-state index in [-0.39, 0.29) is 24.4 Å². The first kappa shape index (κ1) is 22.2. The highest BCUT2D eigenvalue weighted by Gasteiger charge is 2.16. The topological polar surface area (TPSA) is 102 Å². The van der Waals surface area contributed by atoms with E-state index in [4.69, 9.17) is 4.74 Å². The van der Waals surface area contributed by atoms with Crippen molar-refractivity contribution >= 4 is 22.9 Å². The van der Waals surface area contributed by atoms with Crippen LogP contribution < -0.4 is 5.32 Å². The SMILES string of the molecule is CCCCCCCCC(=O)Nc1nc(F)nc2c1ncn2CCC(CO)OC. The molecule has 0 radical (unpaired) electrons. The summed E-state index contributed by atoms with van der Waals surface area (Å²) >= 11 is 0. The Kier molecular flexibility index (Phi) is 9.22. The highest BCUT2D eigenvalue weighted by atomic mass is 19.1. The Morgan fingerprint density at radius 2 is 2.04 bits per heavy atom. The number of nitrogens with zero attached hydrogens (tertiary/aromatic N) is 4. The molecule has 9 heteroatoms. The van der Waals surface area contributed by atoms with Gasteiger partial charge in [0.2, 0.25) is 5.91 Å². The largest absolute Gasteiger partial charge is 0.394 e. The number of hydrogen-bond donors (Lipinski definition) is 2. The van der Waals surface area contributed by atoms with Crippen LogP contribution in [-0.4, -0.2) is 50.4 Å². The molecule has 0 aliphatic rings. The van der Waals surface area contributed by atoms with Crippen LogP contribution in [0, 0.1) is 6.08 Å². The number of halogens is 1. The van der Waals surface area contributed by atoms with Gasteiger partial charge in [0.1, 0.15) is 0 Å². The first-order valence-electron chi connectivity index (χ1n) is 9.90. The summed E-state index contributed by atoms with van der Waals surface area (Å²) in [6.45, 7) is 2.50. The molecule has 2 rings (SSSR count). The maximum absolute atomic E-state index is 13.9. The van der Waals surface area contributed by atoms with E-state index in [9.17, 15) is 14.3 Å². The van der Waals surface area contributed by atoms with Gasteiger partial charge in [0, 0.05) is 20.1 Å². The molecule has 0 saturated heterocycles. The van der Waals surface area contributed by atoms with Crippen molar-refractivity contribution in [1.29, 1.82) is 0 Å². The number of aliphatic hydroxyl groups excluding tert-OH is 1. The fourth-order valence-electron chi connectivity index (χ4n) is 3.00. The molecule has 0 bridgehead atoms. The van der Waals surface area contributed by atoms with Gasteiger partial charge in [-0.3, -0.25) is 4.79 Å². The lowest BCUT2D eigenvalue weighted by atomic mass is 10.1. The predicted octanol–water partition coefficient (Wildman–Crippen LogP) is 3.05. The van der Waals surface area contributed by atoms with E-state index in [0.717, 1.165) is 19.3 Å². The molecule has 1 unspecified atom stereocenters. The number of rotatable bonds is 13. The third-order valence-corrected chi connectivity index (χ3v) is 4.68. The highest BCUT2D eigenvalue weighted by Crippen LogP contribution is 2.20. The molecule has 0 aromatic carbocycles. The second-order valence-corrected chi connectivity index (χ2v) is 6.85. The van der Waals surface area contributed by atoms with Crippen molar-refractivity contribution in [2.75, 3.05) is 19.0 Å². The maximum Gasteiger partial charge on any atom is 0.312 e. The lowest BCUT2D eigenvalue weighted by Crippen LogP contribution is -2.18. The average molecular weight is 395 g/mol. The smallest absolute Gasteiger partial charge is 0.312 e. The summed E-state index contributed by atoms with van der Waals surface area (Å²) in [5.74, 6) is -0.119. The number of aliphatic hydroxyl groups is 1. The number of fused-ring (bicyclic) bond motifs is 1. The van der Waals surface area contributed by atoms with E-state index >= 15 is 0 Å². The van der Waals surface area contributed by atoms with Crippen molar-refractivity contribution in [3.8, 4) is 0 Å². The highest BCUT2D eigenvalue weighted by molar-refractivity contribution is 5.96. The number of aromatic nitrogens is 4. The lowest BCUT2D eigenvalue weighted by Gasteiger charge is -2.12. The van der Waals surface area contributed by atoms with Crippen molar-refractivity contribution in [3.05, 3.63) is 12.4 Å². The van der Waals surface area contributed by atoms with Gasteiger partial charge in [0.05, 0.1) is 19.0 Å². The van der Waals surface area contributed by atoms with Crippen LogP contribution >= 0.6 is 0 Å². The minimum Gasteiger partial charge on any atom is -0.394 e. The molecule has 0 aliphatic carbocycles. The lowest BCUT2D eigenvalue weighted by molar-refractivity contribution is -0.116. The molecule has 8 nitrogen and oxygen atoms in total. The fraction of sp³-hybridized carbons (Fsp3) is 0.684. The van der Waals surface area contributed by atoms with E-state index in [1.807, 2.05) is 0 Å². The molecule has 0 spiro atoms. The van der Waals surface area contributed by atoms with Crippen molar-refractivity contribution in [2.24, 2.45) is 0 Å². The summed E-state index contributed by atoms with van der Waals surface area (Å²) in [4.78, 5) is 23.9. The van der Waals surface area contributed by atoms with Crippen molar-refractivity contribution < 1.29 is 19.0 Å². The Morgan fingerprint density at radius 1 is 1.29 bits per heavy atom. The molecule has 0 aliphatic heterocycles. The number of amides is 1. The van der Waals surface area contributed by atoms with E-state index < -0.39 is 6.08 Å². The quantitative estimate of drug-likeness (QED) is 0.399. The molecule has 2 heterocycles. The molecular weight excluding hydrogens is 365 g/mol. The monoisotopic (exact) mass is 395 g/mol. The summed E-state index contributed by atoms with van der Waals surface area (Å²) in [6, 6.07) is 0. The number of methoxy groups -OCH3 is 1. The second kappa shape index (κ2) is 11.7. The van der Waals surface area contributed by atoms with Gasteiger partial charge in [-0.15, -0.1) is 0 Å². The molecule has 1 amide bonds. The van der Waals surface area contributed by atoms with Crippen LogP contribution in [0.3, 0.4) is 0 Å². The number of unbranched alkanes of at least 4 members (excludes halogenated alkanes) is 5. The Bertz CT molecular complexity index is 748. The van der Waals surface area contributed by atoms with Gasteiger partial charge in [-0.25, -0.2) is 4.98 Å². The molecular formula is C19H30FN5O3. The number of nitrogens with one attached hydrogen (secondary N) is 1. The second-order valence-electron chi connectivity index (χ2n) is 6.85. The summed E-state index contributed by atoms with van der Waals surface area (Å²) < 4.78 is 20.7. The molecule has 2 N–H and O–H groups in total. The van der Waals surface area contributed by atoms with Gasteiger partial charge in [0.15, 0.2) is 17.0 Å². The first-order valence-corrected chi connectivity index (χ1v) is 9.90. The number of aryl methyl sites for hydroxylation is 1. The van der Waals surface area contributed by atoms with Crippen molar-refractivity contribution in [3.63, 3.8) is 0 Å². The van der Waals surface area contributed by atoms with Gasteiger partial charge in [-0.1, -0.05) is 39.0 Å². The zero-order chi connectivity index (χ0) is 20.4. The Balaban J connectivity index is 1.98. The summed E-state index contributed by atoms with van der Waals surface area (Å²) in [7, 11) is 1.52. The minimum atomic E-state index is -0.922.